The van der Waals surface area contributed by atoms with Crippen molar-refractivity contribution in [3.05, 3.63) is 27.7 Å². The van der Waals surface area contributed by atoms with Crippen molar-refractivity contribution in [1.29, 1.82) is 0 Å². The molecule has 74 valence electrons. The Bertz CT molecular complexity index is 380. The van der Waals surface area contributed by atoms with Gasteiger partial charge in [-0.15, -0.1) is 0 Å². The molecule has 1 saturated heterocycles. The summed E-state index contributed by atoms with van der Waals surface area (Å²) in [6.45, 7) is 0.805. The zero-order valence-electron chi connectivity index (χ0n) is 7.46. The van der Waals surface area contributed by atoms with Crippen LogP contribution in [-0.2, 0) is 4.79 Å². The molecule has 2 rings (SSSR count). The van der Waals surface area contributed by atoms with E-state index in [1.54, 1.807) is 11.0 Å². The Kier molecular flexibility index (Phi) is 2.79. The fourth-order valence-electron chi connectivity index (χ4n) is 1.60. The average Bonchev–Trinajstić information content (AvgIpc) is 2.52. The van der Waals surface area contributed by atoms with Crippen LogP contribution in [0.25, 0.3) is 0 Å². The van der Waals surface area contributed by atoms with Gasteiger partial charge in [0.05, 0.1) is 5.69 Å². The maximum atomic E-state index is 11.5. The molecule has 0 aliphatic carbocycles. The number of hydrogen-bond donors (Lipinski definition) is 0. The van der Waals surface area contributed by atoms with E-state index in [0.29, 0.717) is 11.4 Å². The van der Waals surface area contributed by atoms with E-state index in [4.69, 9.17) is 11.6 Å². The second-order valence-electron chi connectivity index (χ2n) is 3.24. The van der Waals surface area contributed by atoms with Gasteiger partial charge in [-0.25, -0.2) is 0 Å². The van der Waals surface area contributed by atoms with Crippen molar-refractivity contribution in [2.75, 3.05) is 11.4 Å². The molecule has 0 atom stereocenters. The summed E-state index contributed by atoms with van der Waals surface area (Å²) in [6, 6.07) is 5.48. The molecule has 1 aliphatic rings. The highest BCUT2D eigenvalue weighted by molar-refractivity contribution is 9.10. The Hall–Kier alpha value is -0.540. The Labute approximate surface area is 96.0 Å². The molecule has 0 bridgehead atoms. The quantitative estimate of drug-likeness (QED) is 0.770. The lowest BCUT2D eigenvalue weighted by molar-refractivity contribution is -0.117. The van der Waals surface area contributed by atoms with Crippen molar-refractivity contribution >= 4 is 39.1 Å². The highest BCUT2D eigenvalue weighted by atomic mass is 79.9. The number of carbonyl (C=O) groups excluding carboxylic acids is 1. The minimum atomic E-state index is 0.188. The zero-order valence-corrected chi connectivity index (χ0v) is 9.81. The van der Waals surface area contributed by atoms with Crippen LogP contribution in [0.4, 0.5) is 5.69 Å². The standard InChI is InChI=1S/C10H9BrClNO/c11-8-6-7(12)3-4-9(8)13-5-1-2-10(13)14/h3-4,6H,1-2,5H2. The molecule has 0 radical (unpaired) electrons. The summed E-state index contributed by atoms with van der Waals surface area (Å²) in [4.78, 5) is 13.3. The van der Waals surface area contributed by atoms with Crippen LogP contribution in [0.15, 0.2) is 22.7 Å². The van der Waals surface area contributed by atoms with Gasteiger partial charge in [0.1, 0.15) is 0 Å². The fraction of sp³-hybridized carbons (Fsp3) is 0.300. The first-order valence-corrected chi connectivity index (χ1v) is 5.61. The minimum absolute atomic E-state index is 0.188. The first kappa shape index (κ1) is 9.99. The van der Waals surface area contributed by atoms with E-state index in [2.05, 4.69) is 15.9 Å². The third-order valence-electron chi connectivity index (χ3n) is 2.27. The molecule has 4 heteroatoms. The van der Waals surface area contributed by atoms with Crippen LogP contribution >= 0.6 is 27.5 Å². The van der Waals surface area contributed by atoms with Crippen molar-refractivity contribution in [3.63, 3.8) is 0 Å². The van der Waals surface area contributed by atoms with Crippen LogP contribution in [0.5, 0.6) is 0 Å². The predicted molar refractivity (Wildman–Crippen MR) is 60.7 cm³/mol. The van der Waals surface area contributed by atoms with E-state index in [1.165, 1.54) is 0 Å². The molecular weight excluding hydrogens is 265 g/mol. The molecule has 0 aromatic heterocycles. The van der Waals surface area contributed by atoms with Gasteiger partial charge in [-0.3, -0.25) is 4.79 Å². The van der Waals surface area contributed by atoms with Gasteiger partial charge in [0.2, 0.25) is 5.91 Å². The average molecular weight is 275 g/mol. The topological polar surface area (TPSA) is 20.3 Å². The van der Waals surface area contributed by atoms with Crippen LogP contribution < -0.4 is 4.90 Å². The molecule has 0 N–H and O–H groups in total. The first-order valence-electron chi connectivity index (χ1n) is 4.44. The Morgan fingerprint density at radius 2 is 2.21 bits per heavy atom. The van der Waals surface area contributed by atoms with E-state index in [-0.39, 0.29) is 5.91 Å². The molecule has 2 nitrogen and oxygen atoms in total. The van der Waals surface area contributed by atoms with Crippen LogP contribution in [-0.4, -0.2) is 12.5 Å². The molecule has 1 amide bonds. The van der Waals surface area contributed by atoms with Gasteiger partial charge in [0.25, 0.3) is 0 Å². The minimum Gasteiger partial charge on any atom is -0.311 e. The van der Waals surface area contributed by atoms with Crippen molar-refractivity contribution < 1.29 is 4.79 Å². The summed E-state index contributed by atoms with van der Waals surface area (Å²) in [5, 5.41) is 0.673. The molecule has 1 aromatic rings. The number of hydrogen-bond acceptors (Lipinski definition) is 1. The summed E-state index contributed by atoms with van der Waals surface area (Å²) >= 11 is 9.23. The summed E-state index contributed by atoms with van der Waals surface area (Å²) in [5.74, 6) is 0.188. The van der Waals surface area contributed by atoms with E-state index in [1.807, 2.05) is 12.1 Å². The summed E-state index contributed by atoms with van der Waals surface area (Å²) in [6.07, 6.45) is 1.59. The SMILES string of the molecule is O=C1CCCN1c1ccc(Cl)cc1Br. The Morgan fingerprint density at radius 3 is 2.79 bits per heavy atom. The van der Waals surface area contributed by atoms with E-state index in [9.17, 15) is 4.79 Å². The lowest BCUT2D eigenvalue weighted by Crippen LogP contribution is -2.23. The van der Waals surface area contributed by atoms with Gasteiger partial charge < -0.3 is 4.90 Å². The molecule has 0 unspecified atom stereocenters. The number of halogens is 2. The Balaban J connectivity index is 2.36. The number of nitrogens with zero attached hydrogens (tertiary/aromatic N) is 1. The predicted octanol–water partition coefficient (Wildman–Crippen LogP) is 3.23. The summed E-state index contributed by atoms with van der Waals surface area (Å²) in [7, 11) is 0. The van der Waals surface area contributed by atoms with Crippen LogP contribution in [0.1, 0.15) is 12.8 Å². The highest BCUT2D eigenvalue weighted by Crippen LogP contribution is 2.31. The van der Waals surface area contributed by atoms with Gasteiger partial charge >= 0.3 is 0 Å². The van der Waals surface area contributed by atoms with Gasteiger partial charge in [-0.05, 0) is 40.5 Å². The van der Waals surface area contributed by atoms with E-state index >= 15 is 0 Å². The summed E-state index contributed by atoms with van der Waals surface area (Å²) < 4.78 is 0.875. The van der Waals surface area contributed by atoms with Gasteiger partial charge in [-0.1, -0.05) is 11.6 Å². The monoisotopic (exact) mass is 273 g/mol. The number of amides is 1. The third kappa shape index (κ3) is 1.79. The Morgan fingerprint density at radius 1 is 1.43 bits per heavy atom. The molecule has 14 heavy (non-hydrogen) atoms. The van der Waals surface area contributed by atoms with Crippen molar-refractivity contribution in [1.82, 2.24) is 0 Å². The first-order chi connectivity index (χ1) is 6.68. The number of rotatable bonds is 1. The molecule has 1 aliphatic heterocycles. The molecule has 1 aromatic carbocycles. The molecule has 1 heterocycles. The maximum absolute atomic E-state index is 11.5. The fourth-order valence-corrected chi connectivity index (χ4v) is 2.50. The number of anilines is 1. The van der Waals surface area contributed by atoms with E-state index in [0.717, 1.165) is 23.1 Å². The number of benzene rings is 1. The largest absolute Gasteiger partial charge is 0.311 e. The van der Waals surface area contributed by atoms with Crippen molar-refractivity contribution in [2.45, 2.75) is 12.8 Å². The molecule has 0 saturated carbocycles. The lowest BCUT2D eigenvalue weighted by atomic mass is 10.3. The van der Waals surface area contributed by atoms with Crippen LogP contribution in [0.3, 0.4) is 0 Å². The molecular formula is C10H9BrClNO. The second kappa shape index (κ2) is 3.91. The second-order valence-corrected chi connectivity index (χ2v) is 4.54. The van der Waals surface area contributed by atoms with Gasteiger partial charge in [0.15, 0.2) is 0 Å². The summed E-state index contributed by atoms with van der Waals surface area (Å²) in [5.41, 5.74) is 0.914. The smallest absolute Gasteiger partial charge is 0.227 e. The lowest BCUT2D eigenvalue weighted by Gasteiger charge is -2.17. The van der Waals surface area contributed by atoms with Gasteiger partial charge in [-0.2, -0.15) is 0 Å². The van der Waals surface area contributed by atoms with Crippen LogP contribution in [0.2, 0.25) is 5.02 Å². The number of carbonyl (C=O) groups is 1. The normalized spacial score (nSPS) is 16.4. The maximum Gasteiger partial charge on any atom is 0.227 e. The third-order valence-corrected chi connectivity index (χ3v) is 3.14. The molecule has 1 fully saturated rings. The van der Waals surface area contributed by atoms with Crippen LogP contribution in [0, 0.1) is 0 Å². The van der Waals surface area contributed by atoms with Crippen molar-refractivity contribution in [3.8, 4) is 0 Å². The highest BCUT2D eigenvalue weighted by Gasteiger charge is 2.23. The molecule has 0 spiro atoms. The van der Waals surface area contributed by atoms with Gasteiger partial charge in [0, 0.05) is 22.5 Å². The van der Waals surface area contributed by atoms with E-state index < -0.39 is 0 Å². The van der Waals surface area contributed by atoms with Crippen molar-refractivity contribution in [2.24, 2.45) is 0 Å². The zero-order chi connectivity index (χ0) is 10.1.